The fraction of sp³-hybridized carbons (Fsp3) is 0.278. The molecular weight excluding hydrogens is 342 g/mol. The van der Waals surface area contributed by atoms with Gasteiger partial charge in [0.15, 0.2) is 0 Å². The molecule has 6 nitrogen and oxygen atoms in total. The van der Waals surface area contributed by atoms with Gasteiger partial charge in [-0.05, 0) is 30.2 Å². The number of aliphatic carboxylic acids is 1. The van der Waals surface area contributed by atoms with Crippen LogP contribution in [-0.4, -0.2) is 25.5 Å². The Morgan fingerprint density at radius 2 is 1.84 bits per heavy atom. The second kappa shape index (κ2) is 6.50. The molecule has 0 amide bonds. The van der Waals surface area contributed by atoms with Crippen molar-refractivity contribution in [1.29, 1.82) is 0 Å². The number of carboxylic acid groups (broad SMARTS) is 1. The molecule has 132 valence electrons. The molecule has 25 heavy (non-hydrogen) atoms. The molecule has 0 fully saturated rings. The summed E-state index contributed by atoms with van der Waals surface area (Å²) in [5.74, 6) is -1.52. The maximum Gasteiger partial charge on any atom is 0.322 e. The predicted molar refractivity (Wildman–Crippen MR) is 94.9 cm³/mol. The molecule has 0 saturated heterocycles. The molecule has 0 aliphatic carbocycles. The van der Waals surface area contributed by atoms with E-state index in [1.54, 1.807) is 13.0 Å². The Hall–Kier alpha value is -2.38. The van der Waals surface area contributed by atoms with Crippen molar-refractivity contribution in [1.82, 2.24) is 4.72 Å². The van der Waals surface area contributed by atoms with Crippen LogP contribution in [0.3, 0.4) is 0 Å². The zero-order chi connectivity index (χ0) is 18.2. The summed E-state index contributed by atoms with van der Waals surface area (Å²) >= 11 is 0. The van der Waals surface area contributed by atoms with Crippen LogP contribution in [-0.2, 0) is 14.8 Å². The summed E-state index contributed by atoms with van der Waals surface area (Å²) in [6.45, 7) is 3.52. The number of hydrogen-bond acceptors (Lipinski definition) is 4. The molecule has 0 bridgehead atoms. The van der Waals surface area contributed by atoms with Gasteiger partial charge in [0.1, 0.15) is 17.2 Å². The Labute approximate surface area is 145 Å². The zero-order valence-electron chi connectivity index (χ0n) is 13.9. The van der Waals surface area contributed by atoms with Crippen LogP contribution >= 0.6 is 0 Å². The van der Waals surface area contributed by atoms with Crippen molar-refractivity contribution in [3.8, 4) is 0 Å². The smallest absolute Gasteiger partial charge is 0.322 e. The van der Waals surface area contributed by atoms with Crippen LogP contribution < -0.4 is 4.72 Å². The number of hydrogen-bond donors (Lipinski definition) is 2. The van der Waals surface area contributed by atoms with Crippen molar-refractivity contribution in [2.75, 3.05) is 0 Å². The minimum atomic E-state index is -3.97. The highest BCUT2D eigenvalue weighted by molar-refractivity contribution is 7.89. The van der Waals surface area contributed by atoms with Crippen molar-refractivity contribution in [2.45, 2.75) is 31.2 Å². The SMILES string of the molecule is CCC(C)[C@H](NS(=O)(=O)c1ccc2oc3ccccc3c2c1)C(=O)O. The van der Waals surface area contributed by atoms with Gasteiger partial charge in [-0.2, -0.15) is 4.72 Å². The lowest BCUT2D eigenvalue weighted by Gasteiger charge is -2.20. The van der Waals surface area contributed by atoms with Crippen LogP contribution in [0.25, 0.3) is 21.9 Å². The second-order valence-corrected chi connectivity index (χ2v) is 7.79. The highest BCUT2D eigenvalue weighted by Gasteiger charge is 2.29. The molecule has 0 saturated carbocycles. The number of carboxylic acids is 1. The zero-order valence-corrected chi connectivity index (χ0v) is 14.7. The quantitative estimate of drug-likeness (QED) is 0.702. The summed E-state index contributed by atoms with van der Waals surface area (Å²) in [6, 6.07) is 10.7. The Bertz CT molecular complexity index is 1040. The predicted octanol–water partition coefficient (Wildman–Crippen LogP) is 3.36. The minimum absolute atomic E-state index is 0.0149. The molecule has 2 aromatic carbocycles. The number of nitrogens with one attached hydrogen (secondary N) is 1. The van der Waals surface area contributed by atoms with Gasteiger partial charge >= 0.3 is 5.97 Å². The third kappa shape index (κ3) is 3.25. The molecule has 2 N–H and O–H groups in total. The molecular formula is C18H19NO5S. The maximum atomic E-state index is 12.7. The topological polar surface area (TPSA) is 96.6 Å². The van der Waals surface area contributed by atoms with Crippen molar-refractivity contribution in [3.05, 3.63) is 42.5 Å². The van der Waals surface area contributed by atoms with E-state index < -0.39 is 22.0 Å². The molecule has 0 aliphatic rings. The highest BCUT2D eigenvalue weighted by Crippen LogP contribution is 2.30. The van der Waals surface area contributed by atoms with Crippen LogP contribution in [0.2, 0.25) is 0 Å². The van der Waals surface area contributed by atoms with Gasteiger partial charge in [-0.3, -0.25) is 4.79 Å². The van der Waals surface area contributed by atoms with E-state index in [2.05, 4.69) is 4.72 Å². The largest absolute Gasteiger partial charge is 0.480 e. The second-order valence-electron chi connectivity index (χ2n) is 6.08. The summed E-state index contributed by atoms with van der Waals surface area (Å²) in [7, 11) is -3.97. The first-order valence-corrected chi connectivity index (χ1v) is 9.48. The minimum Gasteiger partial charge on any atom is -0.480 e. The monoisotopic (exact) mass is 361 g/mol. The fourth-order valence-corrected chi connectivity index (χ4v) is 4.08. The van der Waals surface area contributed by atoms with E-state index in [-0.39, 0.29) is 10.8 Å². The number of carbonyl (C=O) groups is 1. The maximum absolute atomic E-state index is 12.7. The van der Waals surface area contributed by atoms with Gasteiger partial charge in [0.2, 0.25) is 10.0 Å². The van der Waals surface area contributed by atoms with E-state index in [9.17, 15) is 18.3 Å². The van der Waals surface area contributed by atoms with E-state index in [1.807, 2.05) is 31.2 Å². The first-order valence-electron chi connectivity index (χ1n) is 8.00. The van der Waals surface area contributed by atoms with Gasteiger partial charge < -0.3 is 9.52 Å². The Morgan fingerprint density at radius 1 is 1.16 bits per heavy atom. The number of furan rings is 1. The van der Waals surface area contributed by atoms with Crippen molar-refractivity contribution < 1.29 is 22.7 Å². The molecule has 1 heterocycles. The summed E-state index contributed by atoms with van der Waals surface area (Å²) in [5.41, 5.74) is 1.25. The van der Waals surface area contributed by atoms with Crippen LogP contribution in [0.15, 0.2) is 51.8 Å². The van der Waals surface area contributed by atoms with Crippen molar-refractivity contribution in [2.24, 2.45) is 5.92 Å². The molecule has 0 radical (unpaired) electrons. The first kappa shape index (κ1) is 17.4. The van der Waals surface area contributed by atoms with E-state index in [0.29, 0.717) is 23.0 Å². The number of rotatable bonds is 6. The molecule has 7 heteroatoms. The lowest BCUT2D eigenvalue weighted by molar-refractivity contribution is -0.140. The number of fused-ring (bicyclic) bond motifs is 3. The summed E-state index contributed by atoms with van der Waals surface area (Å²) in [4.78, 5) is 11.4. The summed E-state index contributed by atoms with van der Waals surface area (Å²) in [5, 5.41) is 10.8. The van der Waals surface area contributed by atoms with E-state index >= 15 is 0 Å². The van der Waals surface area contributed by atoms with Crippen molar-refractivity contribution in [3.63, 3.8) is 0 Å². The van der Waals surface area contributed by atoms with E-state index in [4.69, 9.17) is 4.42 Å². The normalized spacial score (nSPS) is 14.6. The van der Waals surface area contributed by atoms with Gasteiger partial charge in [-0.15, -0.1) is 0 Å². The summed E-state index contributed by atoms with van der Waals surface area (Å²) in [6.07, 6.45) is 0.547. The van der Waals surface area contributed by atoms with Crippen LogP contribution in [0.5, 0.6) is 0 Å². The van der Waals surface area contributed by atoms with Crippen LogP contribution in [0.4, 0.5) is 0 Å². The number of sulfonamides is 1. The Balaban J connectivity index is 2.04. The standard InChI is InChI=1S/C18H19NO5S/c1-3-11(2)17(18(20)21)19-25(22,23)12-8-9-16-14(10-12)13-6-4-5-7-15(13)24-16/h4-11,17,19H,3H2,1-2H3,(H,20,21)/t11?,17-/m0/s1. The van der Waals surface area contributed by atoms with E-state index in [1.165, 1.54) is 12.1 Å². The average Bonchev–Trinajstić information content (AvgIpc) is 2.96. The third-order valence-corrected chi connectivity index (χ3v) is 5.86. The van der Waals surface area contributed by atoms with Gasteiger partial charge in [-0.25, -0.2) is 8.42 Å². The van der Waals surface area contributed by atoms with Gasteiger partial charge in [0, 0.05) is 10.8 Å². The summed E-state index contributed by atoms with van der Waals surface area (Å²) < 4.78 is 33.3. The lowest BCUT2D eigenvalue weighted by Crippen LogP contribution is -2.44. The molecule has 0 aliphatic heterocycles. The first-order chi connectivity index (χ1) is 11.8. The van der Waals surface area contributed by atoms with Crippen molar-refractivity contribution >= 4 is 37.9 Å². The fourth-order valence-electron chi connectivity index (χ4n) is 2.75. The number of benzene rings is 2. The van der Waals surface area contributed by atoms with Gasteiger partial charge in [0.25, 0.3) is 0 Å². The molecule has 3 aromatic rings. The van der Waals surface area contributed by atoms with Gasteiger partial charge in [0.05, 0.1) is 4.90 Å². The lowest BCUT2D eigenvalue weighted by atomic mass is 10.0. The number of para-hydroxylation sites is 1. The average molecular weight is 361 g/mol. The molecule has 2 atom stereocenters. The van der Waals surface area contributed by atoms with Crippen LogP contribution in [0, 0.1) is 5.92 Å². The molecule has 1 unspecified atom stereocenters. The third-order valence-electron chi connectivity index (χ3n) is 4.42. The van der Waals surface area contributed by atoms with E-state index in [0.717, 1.165) is 5.39 Å². The van der Waals surface area contributed by atoms with Gasteiger partial charge in [-0.1, -0.05) is 38.5 Å². The Kier molecular flexibility index (Phi) is 4.53. The van der Waals surface area contributed by atoms with Crippen LogP contribution in [0.1, 0.15) is 20.3 Å². The molecule has 1 aromatic heterocycles. The highest BCUT2D eigenvalue weighted by atomic mass is 32.2. The Morgan fingerprint density at radius 3 is 2.52 bits per heavy atom. The molecule has 3 rings (SSSR count). The molecule has 0 spiro atoms.